The van der Waals surface area contributed by atoms with E-state index in [2.05, 4.69) is 15.3 Å². The number of aromatic carboxylic acids is 1. The topological polar surface area (TPSA) is 130 Å². The first-order valence-electron chi connectivity index (χ1n) is 9.28. The average molecular weight is 442 g/mol. The summed E-state index contributed by atoms with van der Waals surface area (Å²) >= 11 is 7.23. The summed E-state index contributed by atoms with van der Waals surface area (Å²) in [6, 6.07) is -0.829. The minimum Gasteiger partial charge on any atom is -0.477 e. The van der Waals surface area contributed by atoms with E-state index in [4.69, 9.17) is 22.1 Å². The predicted octanol–water partition coefficient (Wildman–Crippen LogP) is 1.50. The van der Waals surface area contributed by atoms with Crippen LogP contribution in [0.25, 0.3) is 0 Å². The molecule has 1 aromatic rings. The van der Waals surface area contributed by atoms with Crippen molar-refractivity contribution in [1.29, 1.82) is 0 Å². The molecule has 29 heavy (non-hydrogen) atoms. The number of carbonyl (C=O) groups excluding carboxylic acids is 1. The minimum absolute atomic E-state index is 0.214. The molecule has 4 N–H and O–H groups in total. The Kier molecular flexibility index (Phi) is 6.57. The number of hydrogen-bond acceptors (Lipinski definition) is 8. The maximum atomic E-state index is 12.7. The number of piperidine rings is 1. The zero-order valence-electron chi connectivity index (χ0n) is 16.4. The lowest BCUT2D eigenvalue weighted by Gasteiger charge is -2.38. The molecule has 0 saturated carbocycles. The van der Waals surface area contributed by atoms with Gasteiger partial charge in [-0.05, 0) is 25.3 Å². The smallest absolute Gasteiger partial charge is 0.347 e. The van der Waals surface area contributed by atoms with Gasteiger partial charge < -0.3 is 25.8 Å². The van der Waals surface area contributed by atoms with Crippen molar-refractivity contribution in [3.8, 4) is 0 Å². The lowest BCUT2D eigenvalue weighted by molar-refractivity contribution is -0.116. The highest BCUT2D eigenvalue weighted by Crippen LogP contribution is 2.29. The molecule has 1 amide bonds. The summed E-state index contributed by atoms with van der Waals surface area (Å²) in [5.74, 6) is -1.33. The highest BCUT2D eigenvalue weighted by atomic mass is 35.5. The molecule has 3 atom stereocenters. The third kappa shape index (κ3) is 4.30. The number of carbonyl (C=O) groups is 2. The minimum atomic E-state index is -0.982. The van der Waals surface area contributed by atoms with E-state index in [1.807, 2.05) is 11.8 Å². The molecule has 11 heteroatoms. The van der Waals surface area contributed by atoms with Gasteiger partial charge in [0.1, 0.15) is 15.7 Å². The largest absolute Gasteiger partial charge is 0.477 e. The SMILES string of the molecule is CCC1=C(Cl)N=C(C(=O)NC2CCN(c3nc(C)c(C(=O)O)s3)C[C@@H]2OC)C1N. The van der Waals surface area contributed by atoms with Gasteiger partial charge in [0, 0.05) is 20.2 Å². The second kappa shape index (κ2) is 8.78. The van der Waals surface area contributed by atoms with E-state index >= 15 is 0 Å². The van der Waals surface area contributed by atoms with Crippen LogP contribution in [0.3, 0.4) is 0 Å². The number of nitrogens with two attached hydrogens (primary N) is 1. The van der Waals surface area contributed by atoms with E-state index in [9.17, 15) is 14.7 Å². The van der Waals surface area contributed by atoms with Crippen molar-refractivity contribution < 1.29 is 19.4 Å². The molecular formula is C18H24ClN5O4S. The van der Waals surface area contributed by atoms with Crippen LogP contribution in [0.4, 0.5) is 5.13 Å². The first-order chi connectivity index (χ1) is 13.8. The van der Waals surface area contributed by atoms with Gasteiger partial charge in [-0.25, -0.2) is 14.8 Å². The maximum absolute atomic E-state index is 12.7. The fraction of sp³-hybridized carbons (Fsp3) is 0.556. The molecule has 1 aromatic heterocycles. The number of methoxy groups -OCH3 is 1. The number of nitrogens with zero attached hydrogens (tertiary/aromatic N) is 3. The van der Waals surface area contributed by atoms with Crippen LogP contribution >= 0.6 is 22.9 Å². The van der Waals surface area contributed by atoms with E-state index in [-0.39, 0.29) is 33.8 Å². The molecule has 0 bridgehead atoms. The number of halogens is 1. The third-order valence-corrected chi connectivity index (χ3v) is 6.73. The molecule has 2 unspecified atom stereocenters. The van der Waals surface area contributed by atoms with Crippen LogP contribution in [-0.2, 0) is 9.53 Å². The van der Waals surface area contributed by atoms with E-state index in [1.165, 1.54) is 0 Å². The number of nitrogens with one attached hydrogen (secondary N) is 1. The highest BCUT2D eigenvalue weighted by Gasteiger charge is 2.35. The van der Waals surface area contributed by atoms with E-state index < -0.39 is 12.0 Å². The summed E-state index contributed by atoms with van der Waals surface area (Å²) < 4.78 is 5.59. The first kappa shape index (κ1) is 21.7. The van der Waals surface area contributed by atoms with Crippen LogP contribution in [-0.4, -0.2) is 66.1 Å². The number of anilines is 1. The fourth-order valence-corrected chi connectivity index (χ4v) is 4.83. The third-order valence-electron chi connectivity index (χ3n) is 5.20. The van der Waals surface area contributed by atoms with Gasteiger partial charge in [-0.3, -0.25) is 4.79 Å². The second-order valence-corrected chi connectivity index (χ2v) is 8.28. The number of carboxylic acid groups (broad SMARTS) is 1. The lowest BCUT2D eigenvalue weighted by Crippen LogP contribution is -2.57. The second-order valence-electron chi connectivity index (χ2n) is 6.95. The van der Waals surface area contributed by atoms with Crippen molar-refractivity contribution in [3.05, 3.63) is 21.3 Å². The molecule has 3 heterocycles. The van der Waals surface area contributed by atoms with Gasteiger partial charge in [0.25, 0.3) is 5.91 Å². The molecule has 0 spiro atoms. The molecule has 1 saturated heterocycles. The number of ether oxygens (including phenoxy) is 1. The van der Waals surface area contributed by atoms with E-state index in [0.717, 1.165) is 16.9 Å². The molecule has 1 fully saturated rings. The number of thiazole rings is 1. The van der Waals surface area contributed by atoms with Crippen molar-refractivity contribution in [2.45, 2.75) is 44.9 Å². The molecule has 9 nitrogen and oxygen atoms in total. The molecular weight excluding hydrogens is 418 g/mol. The van der Waals surface area contributed by atoms with Gasteiger partial charge in [-0.1, -0.05) is 29.9 Å². The number of rotatable bonds is 6. The van der Waals surface area contributed by atoms with Crippen LogP contribution < -0.4 is 16.0 Å². The predicted molar refractivity (Wildman–Crippen MR) is 112 cm³/mol. The Labute approximate surface area is 177 Å². The van der Waals surface area contributed by atoms with Gasteiger partial charge in [0.2, 0.25) is 0 Å². The Morgan fingerprint density at radius 2 is 2.21 bits per heavy atom. The zero-order valence-corrected chi connectivity index (χ0v) is 18.0. The van der Waals surface area contributed by atoms with Crippen molar-refractivity contribution in [3.63, 3.8) is 0 Å². The van der Waals surface area contributed by atoms with Gasteiger partial charge in [-0.15, -0.1) is 0 Å². The highest BCUT2D eigenvalue weighted by molar-refractivity contribution is 7.17. The van der Waals surface area contributed by atoms with Crippen molar-refractivity contribution >= 4 is 45.7 Å². The molecule has 0 aromatic carbocycles. The Balaban J connectivity index is 1.66. The molecule has 3 rings (SSSR count). The maximum Gasteiger partial charge on any atom is 0.347 e. The fourth-order valence-electron chi connectivity index (χ4n) is 3.55. The number of amides is 1. The van der Waals surface area contributed by atoms with Crippen LogP contribution in [0.2, 0.25) is 0 Å². The Bertz CT molecular complexity index is 884. The van der Waals surface area contributed by atoms with Gasteiger partial charge in [0.15, 0.2) is 5.13 Å². The molecule has 2 aliphatic heterocycles. The van der Waals surface area contributed by atoms with Gasteiger partial charge >= 0.3 is 5.97 Å². The lowest BCUT2D eigenvalue weighted by atomic mass is 10.00. The Morgan fingerprint density at radius 1 is 1.48 bits per heavy atom. The average Bonchev–Trinajstić information content (AvgIpc) is 3.21. The Hall–Kier alpha value is -2.01. The summed E-state index contributed by atoms with van der Waals surface area (Å²) in [4.78, 5) is 34.7. The quantitative estimate of drug-likeness (QED) is 0.570. The molecule has 2 aliphatic rings. The summed E-state index contributed by atoms with van der Waals surface area (Å²) in [5, 5.41) is 13.1. The van der Waals surface area contributed by atoms with Crippen molar-refractivity contribution in [1.82, 2.24) is 10.3 Å². The monoisotopic (exact) mass is 441 g/mol. The summed E-state index contributed by atoms with van der Waals surface area (Å²) in [6.45, 7) is 4.68. The standard InChI is InChI=1S/C18H24ClN5O4S/c1-4-9-12(20)13(23-15(9)19)16(25)22-10-5-6-24(7-11(10)28-3)18-21-8(2)14(29-18)17(26)27/h10-12H,4-7,20H2,1-3H3,(H,22,25)(H,26,27)/t10?,11-,12?/m0/s1. The molecule has 0 aliphatic carbocycles. The van der Waals surface area contributed by atoms with Crippen LogP contribution in [0.5, 0.6) is 0 Å². The van der Waals surface area contributed by atoms with Crippen molar-refractivity contribution in [2.24, 2.45) is 10.7 Å². The number of aromatic nitrogens is 1. The summed E-state index contributed by atoms with van der Waals surface area (Å²) in [5.41, 5.74) is 7.57. The summed E-state index contributed by atoms with van der Waals surface area (Å²) in [6.07, 6.45) is 0.943. The van der Waals surface area contributed by atoms with Crippen molar-refractivity contribution in [2.75, 3.05) is 25.1 Å². The van der Waals surface area contributed by atoms with Crippen LogP contribution in [0.15, 0.2) is 15.7 Å². The first-order valence-corrected chi connectivity index (χ1v) is 10.5. The number of carboxylic acids is 1. The molecule has 158 valence electrons. The van der Waals surface area contributed by atoms with E-state index in [0.29, 0.717) is 36.8 Å². The zero-order chi connectivity index (χ0) is 21.3. The number of aryl methyl sites for hydroxylation is 1. The normalized spacial score (nSPS) is 24.7. The van der Waals surface area contributed by atoms with Crippen LogP contribution in [0.1, 0.15) is 35.1 Å². The molecule has 0 radical (unpaired) electrons. The summed E-state index contributed by atoms with van der Waals surface area (Å²) in [7, 11) is 1.58. The van der Waals surface area contributed by atoms with Gasteiger partial charge in [-0.2, -0.15) is 0 Å². The Morgan fingerprint density at radius 3 is 2.76 bits per heavy atom. The van der Waals surface area contributed by atoms with E-state index in [1.54, 1.807) is 14.0 Å². The van der Waals surface area contributed by atoms with Gasteiger partial charge in [0.05, 0.1) is 23.9 Å². The van der Waals surface area contributed by atoms with Crippen LogP contribution in [0, 0.1) is 6.92 Å². The number of hydrogen-bond donors (Lipinski definition) is 3. The number of aliphatic imine (C=N–C) groups is 1.